The molecule has 168 valence electrons. The van der Waals surface area contributed by atoms with Gasteiger partial charge in [0.15, 0.2) is 23.0 Å². The molecule has 0 fully saturated rings. The smallest absolute Gasteiger partial charge is 0.161 e. The Morgan fingerprint density at radius 2 is 1.29 bits per heavy atom. The molecule has 31 heavy (non-hydrogen) atoms. The van der Waals surface area contributed by atoms with Crippen molar-refractivity contribution in [1.29, 1.82) is 0 Å². The first-order chi connectivity index (χ1) is 15.1. The quantitative estimate of drug-likeness (QED) is 0.546. The van der Waals surface area contributed by atoms with Gasteiger partial charge in [-0.1, -0.05) is 6.92 Å². The summed E-state index contributed by atoms with van der Waals surface area (Å²) in [7, 11) is 0. The van der Waals surface area contributed by atoms with Crippen molar-refractivity contribution in [2.75, 3.05) is 33.0 Å². The lowest BCUT2D eigenvalue weighted by Gasteiger charge is -2.24. The van der Waals surface area contributed by atoms with E-state index in [2.05, 4.69) is 42.6 Å². The van der Waals surface area contributed by atoms with Crippen LogP contribution in [0.1, 0.15) is 56.9 Å². The lowest BCUT2D eigenvalue weighted by Crippen LogP contribution is -2.23. The van der Waals surface area contributed by atoms with Gasteiger partial charge in [0.25, 0.3) is 0 Å². The number of ether oxygens (including phenoxy) is 4. The molecule has 5 heteroatoms. The summed E-state index contributed by atoms with van der Waals surface area (Å²) in [5.74, 6) is 3.19. The van der Waals surface area contributed by atoms with E-state index in [1.54, 1.807) is 0 Å². The molecule has 0 aliphatic carbocycles. The van der Waals surface area contributed by atoms with Crippen LogP contribution in [0, 0.1) is 0 Å². The van der Waals surface area contributed by atoms with Gasteiger partial charge >= 0.3 is 0 Å². The van der Waals surface area contributed by atoms with Crippen molar-refractivity contribution in [2.45, 2.75) is 47.5 Å². The molecule has 0 amide bonds. The molecule has 0 bridgehead atoms. The van der Waals surface area contributed by atoms with E-state index in [1.807, 2.05) is 27.7 Å². The Morgan fingerprint density at radius 3 is 1.87 bits per heavy atom. The molecule has 1 aliphatic rings. The lowest BCUT2D eigenvalue weighted by atomic mass is 9.94. The topological polar surface area (TPSA) is 49.0 Å². The van der Waals surface area contributed by atoms with Crippen molar-refractivity contribution in [3.05, 3.63) is 46.5 Å². The van der Waals surface area contributed by atoms with Crippen molar-refractivity contribution in [3.63, 3.8) is 0 Å². The molecule has 0 spiro atoms. The SMILES string of the molecule is CCOc1cc(C=C2NCCc3cc(OCC)c(OCC)cc32)c(CC)cc1OCC. The number of fused-ring (bicyclic) bond motifs is 1. The first kappa shape index (κ1) is 22.9. The maximum absolute atomic E-state index is 5.88. The van der Waals surface area contributed by atoms with Gasteiger partial charge in [-0.3, -0.25) is 0 Å². The summed E-state index contributed by atoms with van der Waals surface area (Å²) >= 11 is 0. The summed E-state index contributed by atoms with van der Waals surface area (Å²) in [6, 6.07) is 8.43. The van der Waals surface area contributed by atoms with E-state index in [0.717, 1.165) is 59.2 Å². The van der Waals surface area contributed by atoms with Crippen molar-refractivity contribution in [2.24, 2.45) is 0 Å². The van der Waals surface area contributed by atoms with Crippen LogP contribution < -0.4 is 24.3 Å². The minimum atomic E-state index is 0.598. The molecule has 0 unspecified atom stereocenters. The van der Waals surface area contributed by atoms with Crippen LogP contribution in [-0.2, 0) is 12.8 Å². The highest BCUT2D eigenvalue weighted by Crippen LogP contribution is 2.37. The van der Waals surface area contributed by atoms with Crippen molar-refractivity contribution in [1.82, 2.24) is 5.32 Å². The Bertz CT molecular complexity index is 920. The van der Waals surface area contributed by atoms with Crippen LogP contribution in [0.3, 0.4) is 0 Å². The van der Waals surface area contributed by atoms with Gasteiger partial charge in [0, 0.05) is 17.8 Å². The van der Waals surface area contributed by atoms with Gasteiger partial charge in [-0.05, 0) is 87.6 Å². The zero-order chi connectivity index (χ0) is 22.2. The maximum Gasteiger partial charge on any atom is 0.161 e. The number of benzene rings is 2. The number of rotatable bonds is 10. The molecule has 0 atom stereocenters. The molecule has 3 rings (SSSR count). The predicted molar refractivity (Wildman–Crippen MR) is 127 cm³/mol. The van der Waals surface area contributed by atoms with Crippen molar-refractivity contribution >= 4 is 11.8 Å². The van der Waals surface area contributed by atoms with E-state index in [0.29, 0.717) is 26.4 Å². The molecule has 5 nitrogen and oxygen atoms in total. The molecule has 1 N–H and O–H groups in total. The zero-order valence-corrected chi connectivity index (χ0v) is 19.5. The number of aryl methyl sites for hydroxylation is 1. The zero-order valence-electron chi connectivity index (χ0n) is 19.5. The van der Waals surface area contributed by atoms with Gasteiger partial charge in [0.05, 0.1) is 26.4 Å². The Hall–Kier alpha value is -2.82. The summed E-state index contributed by atoms with van der Waals surface area (Å²) in [4.78, 5) is 0. The van der Waals surface area contributed by atoms with Crippen LogP contribution in [0.15, 0.2) is 24.3 Å². The van der Waals surface area contributed by atoms with E-state index in [-0.39, 0.29) is 0 Å². The van der Waals surface area contributed by atoms with Crippen LogP contribution in [0.4, 0.5) is 0 Å². The second-order valence-electron chi connectivity index (χ2n) is 7.27. The largest absolute Gasteiger partial charge is 0.490 e. The first-order valence-electron chi connectivity index (χ1n) is 11.5. The second kappa shape index (κ2) is 11.0. The Labute approximate surface area is 186 Å². The average Bonchev–Trinajstić information content (AvgIpc) is 2.77. The fourth-order valence-electron chi connectivity index (χ4n) is 3.90. The van der Waals surface area contributed by atoms with E-state index >= 15 is 0 Å². The number of hydrogen-bond acceptors (Lipinski definition) is 5. The van der Waals surface area contributed by atoms with Gasteiger partial charge in [-0.25, -0.2) is 0 Å². The summed E-state index contributed by atoms with van der Waals surface area (Å²) in [6.07, 6.45) is 4.07. The monoisotopic (exact) mass is 425 g/mol. The van der Waals surface area contributed by atoms with Crippen LogP contribution >= 0.6 is 0 Å². The minimum Gasteiger partial charge on any atom is -0.490 e. The Kier molecular flexibility index (Phi) is 8.10. The van der Waals surface area contributed by atoms with Gasteiger partial charge in [0.2, 0.25) is 0 Å². The average molecular weight is 426 g/mol. The number of hydrogen-bond donors (Lipinski definition) is 1. The van der Waals surface area contributed by atoms with Crippen molar-refractivity contribution in [3.8, 4) is 23.0 Å². The standard InChI is InChI=1S/C26H35NO4/c1-6-18-14-23(28-7-2)25(30-9-4)16-20(18)13-22-21-17-26(31-10-5)24(29-8-3)15-19(21)11-12-27-22/h13-17,27H,6-12H2,1-5H3. The fourth-order valence-corrected chi connectivity index (χ4v) is 3.90. The molecule has 0 aromatic heterocycles. The third kappa shape index (κ3) is 5.27. The van der Waals surface area contributed by atoms with Crippen LogP contribution in [0.5, 0.6) is 23.0 Å². The summed E-state index contributed by atoms with van der Waals surface area (Å²) in [5.41, 5.74) is 5.88. The maximum atomic E-state index is 5.88. The molecular formula is C26H35NO4. The highest BCUT2D eigenvalue weighted by Gasteiger charge is 2.19. The van der Waals surface area contributed by atoms with E-state index in [1.165, 1.54) is 11.1 Å². The Morgan fingerprint density at radius 1 is 0.742 bits per heavy atom. The molecule has 0 saturated heterocycles. The summed E-state index contributed by atoms with van der Waals surface area (Å²) in [6.45, 7) is 13.4. The molecule has 2 aromatic rings. The van der Waals surface area contributed by atoms with E-state index in [4.69, 9.17) is 18.9 Å². The Balaban J connectivity index is 2.09. The van der Waals surface area contributed by atoms with Gasteiger partial charge in [0.1, 0.15) is 0 Å². The molecule has 0 saturated carbocycles. The normalized spacial score (nSPS) is 14.0. The minimum absolute atomic E-state index is 0.598. The van der Waals surface area contributed by atoms with Crippen LogP contribution in [-0.4, -0.2) is 33.0 Å². The van der Waals surface area contributed by atoms with Crippen molar-refractivity contribution < 1.29 is 18.9 Å². The first-order valence-corrected chi connectivity index (χ1v) is 11.5. The van der Waals surface area contributed by atoms with Gasteiger partial charge in [-0.2, -0.15) is 0 Å². The molecule has 1 heterocycles. The summed E-state index contributed by atoms with van der Waals surface area (Å²) in [5, 5.41) is 3.58. The van der Waals surface area contributed by atoms with Crippen LogP contribution in [0.2, 0.25) is 0 Å². The van der Waals surface area contributed by atoms with E-state index < -0.39 is 0 Å². The highest BCUT2D eigenvalue weighted by molar-refractivity contribution is 5.85. The fraction of sp³-hybridized carbons (Fsp3) is 0.462. The lowest BCUT2D eigenvalue weighted by molar-refractivity contribution is 0.287. The molecule has 2 aromatic carbocycles. The summed E-state index contributed by atoms with van der Waals surface area (Å²) < 4.78 is 23.4. The van der Waals surface area contributed by atoms with Gasteiger partial charge < -0.3 is 24.3 Å². The predicted octanol–water partition coefficient (Wildman–Crippen LogP) is 5.49. The molecular weight excluding hydrogens is 390 g/mol. The third-order valence-corrected chi connectivity index (χ3v) is 5.26. The number of nitrogens with one attached hydrogen (secondary N) is 1. The highest BCUT2D eigenvalue weighted by atomic mass is 16.5. The molecule has 1 aliphatic heterocycles. The van der Waals surface area contributed by atoms with Gasteiger partial charge in [-0.15, -0.1) is 0 Å². The van der Waals surface area contributed by atoms with Crippen LogP contribution in [0.25, 0.3) is 11.8 Å². The molecule has 0 radical (unpaired) electrons. The third-order valence-electron chi connectivity index (χ3n) is 5.26. The second-order valence-corrected chi connectivity index (χ2v) is 7.27. The van der Waals surface area contributed by atoms with E-state index in [9.17, 15) is 0 Å².